The Morgan fingerprint density at radius 2 is 1.86 bits per heavy atom. The van der Waals surface area contributed by atoms with Crippen molar-refractivity contribution in [2.24, 2.45) is 0 Å². The molecule has 2 fully saturated rings. The second kappa shape index (κ2) is 11.1. The molecular weight excluding hydrogens is 293 g/mol. The number of aliphatic hydroxyl groups excluding tert-OH is 1. The molecule has 0 bridgehead atoms. The first-order chi connectivity index (χ1) is 9.79. The van der Waals surface area contributed by atoms with Crippen molar-refractivity contribution >= 4 is 5.82 Å². The van der Waals surface area contributed by atoms with Gasteiger partial charge in [-0.2, -0.15) is 0 Å². The molecular formula is C15H24KN3O2. The molecule has 0 amide bonds. The molecule has 112 valence electrons. The molecule has 1 aromatic heterocycles. The summed E-state index contributed by atoms with van der Waals surface area (Å²) < 4.78 is 0. The summed E-state index contributed by atoms with van der Waals surface area (Å²) in [6, 6.07) is 6.00. The van der Waals surface area contributed by atoms with E-state index in [0.29, 0.717) is 0 Å². The summed E-state index contributed by atoms with van der Waals surface area (Å²) in [5.74, 6) is 1.06. The van der Waals surface area contributed by atoms with Crippen LogP contribution in [0.5, 0.6) is 0 Å². The summed E-state index contributed by atoms with van der Waals surface area (Å²) in [7, 11) is 0. The van der Waals surface area contributed by atoms with Crippen molar-refractivity contribution in [2.45, 2.75) is 25.4 Å². The minimum Gasteiger partial charge on any atom is -0.852 e. The van der Waals surface area contributed by atoms with E-state index in [-0.39, 0.29) is 64.1 Å². The zero-order valence-electron chi connectivity index (χ0n) is 12.9. The minimum absolute atomic E-state index is 0. The number of anilines is 1. The molecule has 2 aliphatic rings. The van der Waals surface area contributed by atoms with Crippen LogP contribution in [0.2, 0.25) is 0 Å². The van der Waals surface area contributed by atoms with E-state index in [1.807, 2.05) is 24.4 Å². The first-order valence-electron chi connectivity index (χ1n) is 7.44. The van der Waals surface area contributed by atoms with E-state index in [2.05, 4.69) is 14.8 Å². The minimum atomic E-state index is -0.185. The molecule has 1 aliphatic heterocycles. The first kappa shape index (κ1) is 19.5. The van der Waals surface area contributed by atoms with Crippen molar-refractivity contribution < 1.29 is 61.6 Å². The van der Waals surface area contributed by atoms with Gasteiger partial charge in [-0.3, -0.25) is 4.90 Å². The molecule has 1 saturated carbocycles. The number of β-amino-alcohol motifs (C(OH)–C–C–N with tert-alkyl or cyclic N) is 1. The maximum Gasteiger partial charge on any atom is 1.00 e. The molecule has 0 aromatic carbocycles. The van der Waals surface area contributed by atoms with Gasteiger partial charge in [0.05, 0.1) is 6.61 Å². The number of piperazine rings is 1. The summed E-state index contributed by atoms with van der Waals surface area (Å²) in [4.78, 5) is 8.89. The van der Waals surface area contributed by atoms with Gasteiger partial charge >= 0.3 is 51.4 Å². The van der Waals surface area contributed by atoms with Crippen molar-refractivity contribution in [3.63, 3.8) is 0 Å². The molecule has 1 saturated heterocycles. The topological polar surface area (TPSA) is 62.7 Å². The Bertz CT molecular complexity index is 368. The van der Waals surface area contributed by atoms with Gasteiger partial charge in [0.1, 0.15) is 5.82 Å². The average Bonchev–Trinajstić information content (AvgIpc) is 2.48. The second-order valence-corrected chi connectivity index (χ2v) is 5.29. The average molecular weight is 317 g/mol. The predicted octanol–water partition coefficient (Wildman–Crippen LogP) is -2.90. The third kappa shape index (κ3) is 7.05. The molecule has 0 spiro atoms. The number of pyridine rings is 1. The summed E-state index contributed by atoms with van der Waals surface area (Å²) in [6.07, 6.45) is 4.68. The van der Waals surface area contributed by atoms with E-state index in [1.54, 1.807) is 0 Å². The van der Waals surface area contributed by atoms with Gasteiger partial charge in [-0.1, -0.05) is 25.3 Å². The van der Waals surface area contributed by atoms with E-state index in [9.17, 15) is 5.11 Å². The van der Waals surface area contributed by atoms with Crippen LogP contribution in [0.3, 0.4) is 0 Å². The van der Waals surface area contributed by atoms with Crippen LogP contribution in [-0.4, -0.2) is 60.4 Å². The Kier molecular flexibility index (Phi) is 10.3. The van der Waals surface area contributed by atoms with E-state index >= 15 is 0 Å². The van der Waals surface area contributed by atoms with E-state index in [1.165, 1.54) is 6.42 Å². The van der Waals surface area contributed by atoms with Gasteiger partial charge in [-0.25, -0.2) is 4.98 Å². The largest absolute Gasteiger partial charge is 1.00 e. The van der Waals surface area contributed by atoms with Crippen molar-refractivity contribution in [3.05, 3.63) is 24.4 Å². The molecule has 3 rings (SSSR count). The number of aromatic nitrogens is 1. The number of rotatable bonds is 3. The standard InChI is InChI=1S/C11H17N3O.C4H7O.K/c15-10-9-13-5-7-14(8-6-13)11-3-1-2-4-12-11;5-4-2-1-3-4;/h1-4,15H,5-10H2;4H,1-3H2;/q;-1;+1. The summed E-state index contributed by atoms with van der Waals surface area (Å²) in [5, 5.41) is 18.8. The van der Waals surface area contributed by atoms with Crippen LogP contribution in [0.4, 0.5) is 5.82 Å². The molecule has 1 aromatic rings. The van der Waals surface area contributed by atoms with Crippen LogP contribution < -0.4 is 61.4 Å². The van der Waals surface area contributed by atoms with Gasteiger partial charge in [0, 0.05) is 38.9 Å². The number of nitrogens with zero attached hydrogens (tertiary/aromatic N) is 3. The quantitative estimate of drug-likeness (QED) is 0.606. The van der Waals surface area contributed by atoms with Crippen LogP contribution in [0, 0.1) is 0 Å². The summed E-state index contributed by atoms with van der Waals surface area (Å²) in [5.41, 5.74) is 0. The molecule has 0 unspecified atom stereocenters. The second-order valence-electron chi connectivity index (χ2n) is 5.29. The first-order valence-corrected chi connectivity index (χ1v) is 7.44. The van der Waals surface area contributed by atoms with Gasteiger partial charge in [0.25, 0.3) is 0 Å². The summed E-state index contributed by atoms with van der Waals surface area (Å²) >= 11 is 0. The van der Waals surface area contributed by atoms with E-state index < -0.39 is 0 Å². The number of hydrogen-bond donors (Lipinski definition) is 1. The zero-order valence-corrected chi connectivity index (χ0v) is 16.1. The number of aliphatic hydroxyl groups is 1. The van der Waals surface area contributed by atoms with Crippen molar-refractivity contribution in [1.29, 1.82) is 0 Å². The Morgan fingerprint density at radius 1 is 1.19 bits per heavy atom. The van der Waals surface area contributed by atoms with Crippen LogP contribution in [0.1, 0.15) is 19.3 Å². The van der Waals surface area contributed by atoms with Crippen LogP contribution in [0.25, 0.3) is 0 Å². The van der Waals surface area contributed by atoms with E-state index in [0.717, 1.165) is 51.4 Å². The third-order valence-corrected chi connectivity index (χ3v) is 3.81. The molecule has 0 atom stereocenters. The fourth-order valence-corrected chi connectivity index (χ4v) is 2.25. The Hall–Kier alpha value is 0.466. The molecule has 2 heterocycles. The fraction of sp³-hybridized carbons (Fsp3) is 0.667. The van der Waals surface area contributed by atoms with Gasteiger partial charge in [-0.05, 0) is 12.1 Å². The van der Waals surface area contributed by atoms with Crippen LogP contribution >= 0.6 is 0 Å². The fourth-order valence-electron chi connectivity index (χ4n) is 2.25. The summed E-state index contributed by atoms with van der Waals surface area (Å²) in [6.45, 7) is 5.06. The monoisotopic (exact) mass is 317 g/mol. The third-order valence-electron chi connectivity index (χ3n) is 3.81. The van der Waals surface area contributed by atoms with Gasteiger partial charge in [0.2, 0.25) is 0 Å². The molecule has 6 heteroatoms. The van der Waals surface area contributed by atoms with Crippen LogP contribution in [0.15, 0.2) is 24.4 Å². The smallest absolute Gasteiger partial charge is 0.852 e. The van der Waals surface area contributed by atoms with Gasteiger partial charge in [-0.15, -0.1) is 6.10 Å². The zero-order chi connectivity index (χ0) is 14.2. The normalized spacial score (nSPS) is 19.0. The van der Waals surface area contributed by atoms with Crippen molar-refractivity contribution in [2.75, 3.05) is 44.2 Å². The van der Waals surface area contributed by atoms with Crippen molar-refractivity contribution in [3.8, 4) is 0 Å². The Balaban J connectivity index is 0.000000313. The molecule has 21 heavy (non-hydrogen) atoms. The molecule has 1 N–H and O–H groups in total. The van der Waals surface area contributed by atoms with E-state index in [4.69, 9.17) is 5.11 Å². The maximum absolute atomic E-state index is 9.98. The molecule has 0 radical (unpaired) electrons. The Morgan fingerprint density at radius 3 is 2.29 bits per heavy atom. The van der Waals surface area contributed by atoms with Gasteiger partial charge in [0.15, 0.2) is 0 Å². The predicted molar refractivity (Wildman–Crippen MR) is 77.6 cm³/mol. The SMILES string of the molecule is OCCN1CCN(c2ccccn2)CC1.[K+].[O-]C1CCC1. The van der Waals surface area contributed by atoms with Gasteiger partial charge < -0.3 is 15.1 Å². The number of hydrogen-bond acceptors (Lipinski definition) is 5. The van der Waals surface area contributed by atoms with Crippen LogP contribution in [-0.2, 0) is 0 Å². The Labute approximate surface area is 169 Å². The molecule has 5 nitrogen and oxygen atoms in total. The maximum atomic E-state index is 9.98. The van der Waals surface area contributed by atoms with Crippen molar-refractivity contribution in [1.82, 2.24) is 9.88 Å². The molecule has 1 aliphatic carbocycles.